The van der Waals surface area contributed by atoms with Gasteiger partial charge in [-0.1, -0.05) is 29.3 Å². The number of hydrogen-bond acceptors (Lipinski definition) is 3. The average molecular weight is 433 g/mol. The molecule has 0 amide bonds. The number of thiophene rings is 1. The standard InChI is InChI=1S/C12H9BrCl2FNO2S2/c1-6-2-3-8(16)4-7(6)5-17-21(18,19)10-9(13)11(14)20-12(10)15/h2-4,17H,5H2,1H3. The summed E-state index contributed by atoms with van der Waals surface area (Å²) in [5, 5.41) is 0. The van der Waals surface area contributed by atoms with E-state index in [9.17, 15) is 12.8 Å². The number of aryl methyl sites for hydroxylation is 1. The second-order valence-corrected chi connectivity index (χ2v) is 8.91. The molecule has 0 unspecified atom stereocenters. The fourth-order valence-electron chi connectivity index (χ4n) is 1.64. The van der Waals surface area contributed by atoms with Gasteiger partial charge in [0.05, 0.1) is 4.47 Å². The molecule has 0 bridgehead atoms. The Morgan fingerprint density at radius 1 is 1.33 bits per heavy atom. The highest BCUT2D eigenvalue weighted by Gasteiger charge is 2.26. The summed E-state index contributed by atoms with van der Waals surface area (Å²) in [6.45, 7) is 1.73. The molecule has 0 radical (unpaired) electrons. The maximum Gasteiger partial charge on any atom is 0.244 e. The van der Waals surface area contributed by atoms with Crippen LogP contribution in [0.2, 0.25) is 8.67 Å². The van der Waals surface area contributed by atoms with Gasteiger partial charge in [0, 0.05) is 6.54 Å². The maximum atomic E-state index is 13.2. The summed E-state index contributed by atoms with van der Waals surface area (Å²) >= 11 is 15.8. The molecule has 0 aliphatic carbocycles. The summed E-state index contributed by atoms with van der Waals surface area (Å²) in [7, 11) is -3.85. The lowest BCUT2D eigenvalue weighted by Crippen LogP contribution is -2.23. The van der Waals surface area contributed by atoms with Gasteiger partial charge in [-0.05, 0) is 46.1 Å². The van der Waals surface area contributed by atoms with Crippen LogP contribution in [0.25, 0.3) is 0 Å². The molecule has 1 N–H and O–H groups in total. The Morgan fingerprint density at radius 3 is 2.57 bits per heavy atom. The van der Waals surface area contributed by atoms with Crippen molar-refractivity contribution < 1.29 is 12.8 Å². The van der Waals surface area contributed by atoms with Crippen molar-refractivity contribution in [2.24, 2.45) is 0 Å². The molecule has 1 heterocycles. The molecule has 0 saturated carbocycles. The van der Waals surface area contributed by atoms with Crippen molar-refractivity contribution in [1.82, 2.24) is 4.72 Å². The third kappa shape index (κ3) is 3.78. The first-order chi connectivity index (χ1) is 9.72. The van der Waals surface area contributed by atoms with E-state index in [1.165, 1.54) is 12.1 Å². The number of benzene rings is 1. The SMILES string of the molecule is Cc1ccc(F)cc1CNS(=O)(=O)c1c(Cl)sc(Cl)c1Br. The second-order valence-electron chi connectivity index (χ2n) is 4.19. The quantitative estimate of drug-likeness (QED) is 0.757. The van der Waals surface area contributed by atoms with Gasteiger partial charge in [-0.25, -0.2) is 17.5 Å². The predicted octanol–water partition coefficient (Wildman–Crippen LogP) is 4.74. The average Bonchev–Trinajstić information content (AvgIpc) is 2.65. The lowest BCUT2D eigenvalue weighted by atomic mass is 10.1. The van der Waals surface area contributed by atoms with E-state index in [0.717, 1.165) is 16.9 Å². The van der Waals surface area contributed by atoms with Crippen molar-refractivity contribution >= 4 is 60.5 Å². The highest BCUT2D eigenvalue weighted by Crippen LogP contribution is 2.42. The first-order valence-electron chi connectivity index (χ1n) is 5.60. The Balaban J connectivity index is 2.28. The molecule has 0 aliphatic heterocycles. The zero-order chi connectivity index (χ0) is 15.8. The van der Waals surface area contributed by atoms with Crippen LogP contribution in [0, 0.1) is 12.7 Å². The number of rotatable bonds is 4. The van der Waals surface area contributed by atoms with Gasteiger partial charge in [0.2, 0.25) is 10.0 Å². The summed E-state index contributed by atoms with van der Waals surface area (Å²) in [6, 6.07) is 4.19. The van der Waals surface area contributed by atoms with E-state index in [-0.39, 0.29) is 24.6 Å². The molecule has 1 aromatic heterocycles. The zero-order valence-electron chi connectivity index (χ0n) is 10.6. The molecule has 2 aromatic rings. The smallest absolute Gasteiger partial charge is 0.207 e. The first kappa shape index (κ1) is 17.2. The molecule has 9 heteroatoms. The van der Waals surface area contributed by atoms with E-state index in [1.54, 1.807) is 13.0 Å². The minimum absolute atomic E-state index is 0.0395. The van der Waals surface area contributed by atoms with Crippen LogP contribution in [0.5, 0.6) is 0 Å². The molecule has 3 nitrogen and oxygen atoms in total. The van der Waals surface area contributed by atoms with Crippen molar-refractivity contribution in [2.75, 3.05) is 0 Å². The molecule has 21 heavy (non-hydrogen) atoms. The number of hydrogen-bond donors (Lipinski definition) is 1. The molecule has 0 atom stereocenters. The first-order valence-corrected chi connectivity index (χ1v) is 9.45. The highest BCUT2D eigenvalue weighted by molar-refractivity contribution is 9.10. The Hall–Kier alpha value is -0.180. The Morgan fingerprint density at radius 2 is 2.00 bits per heavy atom. The van der Waals surface area contributed by atoms with Gasteiger partial charge in [0.25, 0.3) is 0 Å². The zero-order valence-corrected chi connectivity index (χ0v) is 15.3. The fraction of sp³-hybridized carbons (Fsp3) is 0.167. The van der Waals surface area contributed by atoms with E-state index in [1.807, 2.05) is 0 Å². The number of halogens is 4. The minimum atomic E-state index is -3.85. The van der Waals surface area contributed by atoms with Crippen LogP contribution in [0.1, 0.15) is 11.1 Å². The molecule has 0 aliphatic rings. The topological polar surface area (TPSA) is 46.2 Å². The van der Waals surface area contributed by atoms with Crippen molar-refractivity contribution in [3.63, 3.8) is 0 Å². The van der Waals surface area contributed by atoms with Crippen LogP contribution in [0.3, 0.4) is 0 Å². The van der Waals surface area contributed by atoms with Crippen molar-refractivity contribution in [2.45, 2.75) is 18.4 Å². The van der Waals surface area contributed by atoms with Gasteiger partial charge in [-0.3, -0.25) is 0 Å². The van der Waals surface area contributed by atoms with Gasteiger partial charge in [0.1, 0.15) is 19.4 Å². The predicted molar refractivity (Wildman–Crippen MR) is 87.2 cm³/mol. The van der Waals surface area contributed by atoms with Crippen molar-refractivity contribution in [3.05, 3.63) is 48.3 Å². The summed E-state index contributed by atoms with van der Waals surface area (Å²) in [5.41, 5.74) is 1.33. The maximum absolute atomic E-state index is 13.2. The minimum Gasteiger partial charge on any atom is -0.207 e. The van der Waals surface area contributed by atoms with Gasteiger partial charge >= 0.3 is 0 Å². The van der Waals surface area contributed by atoms with Crippen LogP contribution in [-0.4, -0.2) is 8.42 Å². The van der Waals surface area contributed by atoms with E-state index < -0.39 is 15.8 Å². The Bertz CT molecular complexity index is 793. The molecule has 0 fully saturated rings. The second kappa shape index (κ2) is 6.52. The van der Waals surface area contributed by atoms with Gasteiger partial charge in [0.15, 0.2) is 0 Å². The largest absolute Gasteiger partial charge is 0.244 e. The van der Waals surface area contributed by atoms with Gasteiger partial charge in [-0.15, -0.1) is 11.3 Å². The Labute approximate surface area is 144 Å². The highest BCUT2D eigenvalue weighted by atomic mass is 79.9. The van der Waals surface area contributed by atoms with Gasteiger partial charge < -0.3 is 0 Å². The van der Waals surface area contributed by atoms with E-state index in [4.69, 9.17) is 23.2 Å². The summed E-state index contributed by atoms with van der Waals surface area (Å²) in [6.07, 6.45) is 0. The van der Waals surface area contributed by atoms with E-state index in [2.05, 4.69) is 20.7 Å². The van der Waals surface area contributed by atoms with Crippen LogP contribution in [0.4, 0.5) is 4.39 Å². The molecular weight excluding hydrogens is 424 g/mol. The van der Waals surface area contributed by atoms with Crippen molar-refractivity contribution in [1.29, 1.82) is 0 Å². The molecule has 114 valence electrons. The molecule has 1 aromatic carbocycles. The van der Waals surface area contributed by atoms with E-state index >= 15 is 0 Å². The lowest BCUT2D eigenvalue weighted by Gasteiger charge is -2.09. The molecule has 2 rings (SSSR count). The van der Waals surface area contributed by atoms with Crippen molar-refractivity contribution in [3.8, 4) is 0 Å². The van der Waals surface area contributed by atoms with E-state index in [0.29, 0.717) is 5.56 Å². The summed E-state index contributed by atoms with van der Waals surface area (Å²) < 4.78 is 40.7. The normalized spacial score (nSPS) is 11.9. The van der Waals surface area contributed by atoms with Crippen LogP contribution in [-0.2, 0) is 16.6 Å². The lowest BCUT2D eigenvalue weighted by molar-refractivity contribution is 0.580. The molecule has 0 saturated heterocycles. The molecule has 0 spiro atoms. The monoisotopic (exact) mass is 431 g/mol. The fourth-order valence-corrected chi connectivity index (χ4v) is 6.20. The number of sulfonamides is 1. The third-order valence-electron chi connectivity index (χ3n) is 2.76. The third-order valence-corrected chi connectivity index (χ3v) is 7.63. The summed E-state index contributed by atoms with van der Waals surface area (Å²) in [4.78, 5) is -0.103. The van der Waals surface area contributed by atoms with Crippen LogP contribution < -0.4 is 4.72 Å². The van der Waals surface area contributed by atoms with Gasteiger partial charge in [-0.2, -0.15) is 0 Å². The number of nitrogens with one attached hydrogen (secondary N) is 1. The summed E-state index contributed by atoms with van der Waals surface area (Å²) in [5.74, 6) is -0.424. The van der Waals surface area contributed by atoms with Crippen LogP contribution in [0.15, 0.2) is 27.6 Å². The Kier molecular flexibility index (Phi) is 5.33. The molecular formula is C12H9BrCl2FNO2S2. The van der Waals surface area contributed by atoms with Crippen LogP contribution >= 0.6 is 50.5 Å².